The third kappa shape index (κ3) is 3.69. The SMILES string of the molecule is NS(=O)(=O)c1ccc(C(=O)Nc2c(Cl)cc(Cl)cc2Cl)o1. The number of sulfonamides is 1. The van der Waals surface area contributed by atoms with Gasteiger partial charge in [-0.2, -0.15) is 0 Å². The number of nitrogens with two attached hydrogens (primary N) is 1. The number of rotatable bonds is 3. The average Bonchev–Trinajstić information content (AvgIpc) is 2.82. The van der Waals surface area contributed by atoms with Gasteiger partial charge in [-0.15, -0.1) is 0 Å². The zero-order chi connectivity index (χ0) is 15.8. The van der Waals surface area contributed by atoms with E-state index < -0.39 is 21.0 Å². The fourth-order valence-electron chi connectivity index (χ4n) is 1.43. The number of primary sulfonamides is 1. The molecule has 1 aromatic heterocycles. The van der Waals surface area contributed by atoms with Crippen LogP contribution in [-0.2, 0) is 10.0 Å². The number of furan rings is 1. The highest BCUT2D eigenvalue weighted by molar-refractivity contribution is 7.89. The van der Waals surface area contributed by atoms with E-state index in [1.54, 1.807) is 0 Å². The third-order valence-electron chi connectivity index (χ3n) is 2.33. The molecule has 1 heterocycles. The second-order valence-electron chi connectivity index (χ2n) is 3.86. The van der Waals surface area contributed by atoms with Gasteiger partial charge in [0.05, 0.1) is 15.7 Å². The summed E-state index contributed by atoms with van der Waals surface area (Å²) < 4.78 is 27.0. The number of hydrogen-bond donors (Lipinski definition) is 2. The Morgan fingerprint density at radius 1 is 1.14 bits per heavy atom. The summed E-state index contributed by atoms with van der Waals surface area (Å²) in [4.78, 5) is 12.0. The van der Waals surface area contributed by atoms with Crippen LogP contribution in [0.2, 0.25) is 15.1 Å². The van der Waals surface area contributed by atoms with Crippen LogP contribution in [0.1, 0.15) is 10.6 Å². The quantitative estimate of drug-likeness (QED) is 0.867. The summed E-state index contributed by atoms with van der Waals surface area (Å²) >= 11 is 17.6. The molecule has 0 fully saturated rings. The lowest BCUT2D eigenvalue weighted by molar-refractivity contribution is 0.0991. The molecule has 0 aliphatic carbocycles. The molecule has 10 heteroatoms. The van der Waals surface area contributed by atoms with Crippen molar-refractivity contribution in [2.45, 2.75) is 5.09 Å². The van der Waals surface area contributed by atoms with Crippen molar-refractivity contribution >= 4 is 56.4 Å². The van der Waals surface area contributed by atoms with E-state index in [1.807, 2.05) is 0 Å². The van der Waals surface area contributed by atoms with E-state index in [0.717, 1.165) is 12.1 Å². The monoisotopic (exact) mass is 368 g/mol. The predicted molar refractivity (Wildman–Crippen MR) is 79.5 cm³/mol. The lowest BCUT2D eigenvalue weighted by Crippen LogP contribution is -2.13. The number of benzene rings is 1. The molecule has 0 aliphatic rings. The Morgan fingerprint density at radius 2 is 1.71 bits per heavy atom. The second-order valence-corrected chi connectivity index (χ2v) is 6.61. The van der Waals surface area contributed by atoms with Gasteiger partial charge < -0.3 is 9.73 Å². The normalized spacial score (nSPS) is 11.4. The topological polar surface area (TPSA) is 102 Å². The summed E-state index contributed by atoms with van der Waals surface area (Å²) in [7, 11) is -4.03. The molecule has 0 saturated carbocycles. The minimum Gasteiger partial charge on any atom is -0.438 e. The first-order valence-corrected chi connectivity index (χ1v) is 7.95. The van der Waals surface area contributed by atoms with Gasteiger partial charge in [-0.05, 0) is 24.3 Å². The molecule has 0 atom stereocenters. The molecule has 112 valence electrons. The van der Waals surface area contributed by atoms with Crippen LogP contribution in [0.4, 0.5) is 5.69 Å². The standard InChI is InChI=1S/C11H7Cl3N2O4S/c12-5-3-6(13)10(7(14)4-5)16-11(17)8-1-2-9(20-8)21(15,18)19/h1-4H,(H,16,17)(H2,15,18,19). The predicted octanol–water partition coefficient (Wildman–Crippen LogP) is 3.14. The van der Waals surface area contributed by atoms with E-state index >= 15 is 0 Å². The van der Waals surface area contributed by atoms with Gasteiger partial charge in [-0.25, -0.2) is 13.6 Å². The molecule has 3 N–H and O–H groups in total. The lowest BCUT2D eigenvalue weighted by atomic mass is 10.3. The van der Waals surface area contributed by atoms with Gasteiger partial charge >= 0.3 is 0 Å². The highest BCUT2D eigenvalue weighted by Gasteiger charge is 2.19. The molecular weight excluding hydrogens is 363 g/mol. The summed E-state index contributed by atoms with van der Waals surface area (Å²) in [5, 5.41) is 7.30. The maximum Gasteiger partial charge on any atom is 0.291 e. The Bertz CT molecular complexity index is 794. The second kappa shape index (κ2) is 5.86. The minimum absolute atomic E-state index is 0.124. The zero-order valence-electron chi connectivity index (χ0n) is 10.1. The van der Waals surface area contributed by atoms with Crippen molar-refractivity contribution in [1.29, 1.82) is 0 Å². The maximum absolute atomic E-state index is 12.0. The molecule has 1 aromatic carbocycles. The molecule has 0 unspecified atom stereocenters. The summed E-state index contributed by atoms with van der Waals surface area (Å²) in [6.07, 6.45) is 0. The van der Waals surface area contributed by atoms with Gasteiger partial charge in [0.15, 0.2) is 5.76 Å². The molecule has 6 nitrogen and oxygen atoms in total. The summed E-state index contributed by atoms with van der Waals surface area (Å²) in [6, 6.07) is 5.01. The van der Waals surface area contributed by atoms with E-state index in [2.05, 4.69) is 5.32 Å². The Balaban J connectivity index is 2.29. The number of hydrogen-bond acceptors (Lipinski definition) is 4. The first kappa shape index (κ1) is 16.1. The van der Waals surface area contributed by atoms with Gasteiger partial charge in [-0.3, -0.25) is 4.79 Å². The van der Waals surface area contributed by atoms with Crippen molar-refractivity contribution < 1.29 is 17.6 Å². The lowest BCUT2D eigenvalue weighted by Gasteiger charge is -2.08. The zero-order valence-corrected chi connectivity index (χ0v) is 13.1. The van der Waals surface area contributed by atoms with E-state index in [-0.39, 0.29) is 21.5 Å². The number of carbonyl (C=O) groups excluding carboxylic acids is 1. The molecule has 2 aromatic rings. The van der Waals surface area contributed by atoms with Crippen LogP contribution >= 0.6 is 34.8 Å². The van der Waals surface area contributed by atoms with Crippen molar-refractivity contribution in [2.75, 3.05) is 5.32 Å². The summed E-state index contributed by atoms with van der Waals surface area (Å²) in [6.45, 7) is 0. The van der Waals surface area contributed by atoms with Gasteiger partial charge in [0.25, 0.3) is 15.9 Å². The van der Waals surface area contributed by atoms with E-state index in [4.69, 9.17) is 44.4 Å². The van der Waals surface area contributed by atoms with Gasteiger partial charge in [0.1, 0.15) is 0 Å². The largest absolute Gasteiger partial charge is 0.438 e. The van der Waals surface area contributed by atoms with Crippen LogP contribution < -0.4 is 10.5 Å². The van der Waals surface area contributed by atoms with Crippen LogP contribution in [0.25, 0.3) is 0 Å². The molecule has 0 spiro atoms. The van der Waals surface area contributed by atoms with Gasteiger partial charge in [-0.1, -0.05) is 34.8 Å². The van der Waals surface area contributed by atoms with Crippen LogP contribution in [0.15, 0.2) is 33.8 Å². The minimum atomic E-state index is -4.03. The Hall–Kier alpha value is -1.25. The van der Waals surface area contributed by atoms with Gasteiger partial charge in [0.2, 0.25) is 5.09 Å². The molecule has 21 heavy (non-hydrogen) atoms. The third-order valence-corrected chi connectivity index (χ3v) is 3.93. The molecule has 0 saturated heterocycles. The van der Waals surface area contributed by atoms with Gasteiger partial charge in [0, 0.05) is 5.02 Å². The van der Waals surface area contributed by atoms with Crippen molar-refractivity contribution in [2.24, 2.45) is 5.14 Å². The smallest absolute Gasteiger partial charge is 0.291 e. The van der Waals surface area contributed by atoms with Crippen LogP contribution in [0.5, 0.6) is 0 Å². The average molecular weight is 370 g/mol. The molecular formula is C11H7Cl3N2O4S. The van der Waals surface area contributed by atoms with E-state index in [9.17, 15) is 13.2 Å². The molecule has 0 bridgehead atoms. The fourth-order valence-corrected chi connectivity index (χ4v) is 2.81. The number of halogens is 3. The van der Waals surface area contributed by atoms with Crippen molar-refractivity contribution in [3.05, 3.63) is 45.1 Å². The maximum atomic E-state index is 12.0. The highest BCUT2D eigenvalue weighted by Crippen LogP contribution is 2.34. The van der Waals surface area contributed by atoms with Crippen molar-refractivity contribution in [3.63, 3.8) is 0 Å². The van der Waals surface area contributed by atoms with Crippen LogP contribution in [0, 0.1) is 0 Å². The first-order valence-electron chi connectivity index (χ1n) is 5.27. The van der Waals surface area contributed by atoms with Crippen molar-refractivity contribution in [3.8, 4) is 0 Å². The molecule has 0 aliphatic heterocycles. The van der Waals surface area contributed by atoms with E-state index in [0.29, 0.717) is 5.02 Å². The number of amides is 1. The number of carbonyl (C=O) groups is 1. The van der Waals surface area contributed by atoms with Crippen molar-refractivity contribution in [1.82, 2.24) is 0 Å². The molecule has 2 rings (SSSR count). The summed E-state index contributed by atoms with van der Waals surface area (Å²) in [5.41, 5.74) is 0.126. The fraction of sp³-hybridized carbons (Fsp3) is 0. The Morgan fingerprint density at radius 3 is 2.19 bits per heavy atom. The van der Waals surface area contributed by atoms with E-state index in [1.165, 1.54) is 12.1 Å². The van der Waals surface area contributed by atoms with Crippen LogP contribution in [0.3, 0.4) is 0 Å². The molecule has 0 radical (unpaired) electrons. The number of anilines is 1. The summed E-state index contributed by atoms with van der Waals surface area (Å²) in [5.74, 6) is -1.00. The Kier molecular flexibility index (Phi) is 4.50. The first-order chi connectivity index (χ1) is 9.68. The number of nitrogens with one attached hydrogen (secondary N) is 1. The Labute approximate surface area is 134 Å². The molecule has 1 amide bonds. The highest BCUT2D eigenvalue weighted by atomic mass is 35.5. The van der Waals surface area contributed by atoms with Crippen LogP contribution in [-0.4, -0.2) is 14.3 Å².